The third kappa shape index (κ3) is 2.36. The van der Waals surface area contributed by atoms with Crippen LogP contribution in [-0.2, 0) is 6.54 Å². The largest absolute Gasteiger partial charge is 0.323 e. The van der Waals surface area contributed by atoms with E-state index in [1.807, 2.05) is 41.0 Å². The van der Waals surface area contributed by atoms with Crippen molar-refractivity contribution in [2.75, 3.05) is 0 Å². The van der Waals surface area contributed by atoms with E-state index in [2.05, 4.69) is 17.1 Å². The van der Waals surface area contributed by atoms with Crippen molar-refractivity contribution in [3.63, 3.8) is 0 Å². The lowest BCUT2D eigenvalue weighted by Crippen LogP contribution is -2.08. The minimum atomic E-state index is -0.598. The smallest absolute Gasteiger partial charge is 0.147 e. The van der Waals surface area contributed by atoms with E-state index < -0.39 is 11.6 Å². The summed E-state index contributed by atoms with van der Waals surface area (Å²) in [5, 5.41) is 0. The molecule has 0 radical (unpaired) electrons. The molecular formula is C19H14F2N2. The van der Waals surface area contributed by atoms with E-state index in [0.717, 1.165) is 11.0 Å². The van der Waals surface area contributed by atoms with Crippen molar-refractivity contribution in [1.82, 2.24) is 9.55 Å². The molecule has 4 heteroatoms. The lowest BCUT2D eigenvalue weighted by atomic mass is 10.1. The lowest BCUT2D eigenvalue weighted by Gasteiger charge is -2.13. The van der Waals surface area contributed by atoms with Crippen LogP contribution < -0.4 is 0 Å². The number of fused-ring (bicyclic) bond motifs is 1. The van der Waals surface area contributed by atoms with Gasteiger partial charge >= 0.3 is 0 Å². The van der Waals surface area contributed by atoms with E-state index in [0.29, 0.717) is 12.4 Å². The summed E-state index contributed by atoms with van der Waals surface area (Å²) in [6, 6.07) is 11.4. The highest BCUT2D eigenvalue weighted by molar-refractivity contribution is 5.80. The summed E-state index contributed by atoms with van der Waals surface area (Å²) in [6.07, 6.45) is 8.09. The SMILES string of the molecule is Fc1cccc(F)c1-c1nc2ccccc2n1CC1C=CC=C1. The summed E-state index contributed by atoms with van der Waals surface area (Å²) in [5.74, 6) is -0.671. The Morgan fingerprint density at radius 1 is 0.913 bits per heavy atom. The Morgan fingerprint density at radius 2 is 1.61 bits per heavy atom. The van der Waals surface area contributed by atoms with E-state index in [9.17, 15) is 8.78 Å². The number of aromatic nitrogens is 2. The Balaban J connectivity index is 1.95. The normalized spacial score (nSPS) is 14.2. The van der Waals surface area contributed by atoms with Gasteiger partial charge in [0.1, 0.15) is 17.5 Å². The first-order chi connectivity index (χ1) is 11.2. The summed E-state index contributed by atoms with van der Waals surface area (Å²) in [6.45, 7) is 0.594. The number of allylic oxidation sites excluding steroid dienone is 4. The van der Waals surface area contributed by atoms with Gasteiger partial charge in [-0.15, -0.1) is 0 Å². The maximum atomic E-state index is 14.2. The number of hydrogen-bond donors (Lipinski definition) is 0. The molecule has 0 saturated heterocycles. The molecule has 1 heterocycles. The van der Waals surface area contributed by atoms with Gasteiger partial charge in [0.15, 0.2) is 0 Å². The fourth-order valence-corrected chi connectivity index (χ4v) is 2.97. The molecular weight excluding hydrogens is 294 g/mol. The number of halogens is 2. The molecule has 0 fully saturated rings. The number of hydrogen-bond acceptors (Lipinski definition) is 1. The number of imidazole rings is 1. The zero-order chi connectivity index (χ0) is 15.8. The van der Waals surface area contributed by atoms with Gasteiger partial charge in [-0.3, -0.25) is 0 Å². The number of para-hydroxylation sites is 2. The minimum absolute atomic E-state index is 0.0744. The van der Waals surface area contributed by atoms with Gasteiger partial charge in [0.05, 0.1) is 16.6 Å². The molecule has 1 aromatic heterocycles. The topological polar surface area (TPSA) is 17.8 Å². The molecule has 0 saturated carbocycles. The van der Waals surface area contributed by atoms with Gasteiger partial charge in [-0.2, -0.15) is 0 Å². The van der Waals surface area contributed by atoms with E-state index in [1.165, 1.54) is 18.2 Å². The van der Waals surface area contributed by atoms with Crippen LogP contribution in [0.2, 0.25) is 0 Å². The first-order valence-corrected chi connectivity index (χ1v) is 7.48. The van der Waals surface area contributed by atoms with Crippen LogP contribution in [0.5, 0.6) is 0 Å². The molecule has 1 aliphatic carbocycles. The second-order valence-corrected chi connectivity index (χ2v) is 5.57. The average molecular weight is 308 g/mol. The third-order valence-corrected chi connectivity index (χ3v) is 4.06. The van der Waals surface area contributed by atoms with Crippen molar-refractivity contribution in [2.24, 2.45) is 5.92 Å². The number of nitrogens with zero attached hydrogens (tertiary/aromatic N) is 2. The first-order valence-electron chi connectivity index (χ1n) is 7.48. The van der Waals surface area contributed by atoms with Crippen LogP contribution in [0.4, 0.5) is 8.78 Å². The van der Waals surface area contributed by atoms with Crippen molar-refractivity contribution >= 4 is 11.0 Å². The van der Waals surface area contributed by atoms with Crippen LogP contribution in [0.1, 0.15) is 0 Å². The summed E-state index contributed by atoms with van der Waals surface area (Å²) in [5.41, 5.74) is 1.53. The van der Waals surface area contributed by atoms with Gasteiger partial charge in [0.2, 0.25) is 0 Å². The minimum Gasteiger partial charge on any atom is -0.323 e. The van der Waals surface area contributed by atoms with Crippen LogP contribution >= 0.6 is 0 Å². The zero-order valence-electron chi connectivity index (χ0n) is 12.3. The highest BCUT2D eigenvalue weighted by Crippen LogP contribution is 2.30. The van der Waals surface area contributed by atoms with E-state index in [4.69, 9.17) is 0 Å². The van der Waals surface area contributed by atoms with Crippen molar-refractivity contribution < 1.29 is 8.78 Å². The molecule has 0 N–H and O–H groups in total. The summed E-state index contributed by atoms with van der Waals surface area (Å²) in [4.78, 5) is 4.48. The van der Waals surface area contributed by atoms with Gasteiger partial charge in [-0.05, 0) is 24.3 Å². The van der Waals surface area contributed by atoms with E-state index in [-0.39, 0.29) is 11.5 Å². The van der Waals surface area contributed by atoms with Gasteiger partial charge in [-0.1, -0.05) is 42.5 Å². The fourth-order valence-electron chi connectivity index (χ4n) is 2.97. The van der Waals surface area contributed by atoms with Gasteiger partial charge < -0.3 is 4.57 Å². The molecule has 114 valence electrons. The summed E-state index contributed by atoms with van der Waals surface area (Å²) < 4.78 is 30.4. The van der Waals surface area contributed by atoms with Crippen molar-refractivity contribution in [2.45, 2.75) is 6.54 Å². The fraction of sp³-hybridized carbons (Fsp3) is 0.105. The Bertz CT molecular complexity index is 905. The molecule has 3 aromatic rings. The molecule has 0 bridgehead atoms. The maximum Gasteiger partial charge on any atom is 0.147 e. The van der Waals surface area contributed by atoms with Gasteiger partial charge in [-0.25, -0.2) is 13.8 Å². The van der Waals surface area contributed by atoms with Crippen LogP contribution in [0.25, 0.3) is 22.4 Å². The summed E-state index contributed by atoms with van der Waals surface area (Å²) >= 11 is 0. The van der Waals surface area contributed by atoms with Crippen LogP contribution in [0.15, 0.2) is 66.8 Å². The Morgan fingerprint density at radius 3 is 2.35 bits per heavy atom. The van der Waals surface area contributed by atoms with Crippen LogP contribution in [0, 0.1) is 17.6 Å². The number of benzene rings is 2. The van der Waals surface area contributed by atoms with E-state index in [1.54, 1.807) is 0 Å². The number of rotatable bonds is 3. The Hall–Kier alpha value is -2.75. The summed E-state index contributed by atoms with van der Waals surface area (Å²) in [7, 11) is 0. The highest BCUT2D eigenvalue weighted by Gasteiger charge is 2.20. The average Bonchev–Trinajstić information content (AvgIpc) is 3.17. The molecule has 23 heavy (non-hydrogen) atoms. The zero-order valence-corrected chi connectivity index (χ0v) is 12.3. The van der Waals surface area contributed by atoms with Crippen molar-refractivity contribution in [3.8, 4) is 11.4 Å². The Labute approximate surface area is 132 Å². The third-order valence-electron chi connectivity index (χ3n) is 4.06. The maximum absolute atomic E-state index is 14.2. The van der Waals surface area contributed by atoms with Crippen LogP contribution in [0.3, 0.4) is 0 Å². The second kappa shape index (κ2) is 5.47. The van der Waals surface area contributed by atoms with Gasteiger partial charge in [0.25, 0.3) is 0 Å². The molecule has 0 atom stereocenters. The highest BCUT2D eigenvalue weighted by atomic mass is 19.1. The van der Waals surface area contributed by atoms with E-state index >= 15 is 0 Å². The first kappa shape index (κ1) is 13.9. The molecule has 0 amide bonds. The van der Waals surface area contributed by atoms with Crippen molar-refractivity contribution in [3.05, 3.63) is 78.4 Å². The molecule has 1 aliphatic rings. The van der Waals surface area contributed by atoms with Crippen molar-refractivity contribution in [1.29, 1.82) is 0 Å². The predicted molar refractivity (Wildman–Crippen MR) is 86.9 cm³/mol. The van der Waals surface area contributed by atoms with Crippen LogP contribution in [-0.4, -0.2) is 9.55 Å². The molecule has 2 aromatic carbocycles. The Kier molecular flexibility index (Phi) is 3.30. The lowest BCUT2D eigenvalue weighted by molar-refractivity contribution is 0.579. The molecule has 0 aliphatic heterocycles. The standard InChI is InChI=1S/C19H14F2N2/c20-14-8-5-9-15(21)18(14)19-22-16-10-3-4-11-17(16)23(19)12-13-6-1-2-7-13/h1-11,13H,12H2. The molecule has 0 unspecified atom stereocenters. The molecule has 4 rings (SSSR count). The second-order valence-electron chi connectivity index (χ2n) is 5.57. The molecule has 0 spiro atoms. The van der Waals surface area contributed by atoms with Gasteiger partial charge in [0, 0.05) is 12.5 Å². The predicted octanol–water partition coefficient (Wildman–Crippen LogP) is 4.72. The quantitative estimate of drug-likeness (QED) is 0.684. The monoisotopic (exact) mass is 308 g/mol. The molecule has 2 nitrogen and oxygen atoms in total.